The summed E-state index contributed by atoms with van der Waals surface area (Å²) in [6.45, 7) is -0.368. The maximum Gasteiger partial charge on any atom is 0.322 e. The molecule has 0 radical (unpaired) electrons. The lowest BCUT2D eigenvalue weighted by molar-refractivity contribution is -0.138. The number of nitrogens with one attached hydrogen (secondary N) is 3. The number of aliphatic carboxylic acids is 1. The number of nitrogens with two attached hydrogens (primary N) is 3. The van der Waals surface area contributed by atoms with Gasteiger partial charge in [0.2, 0.25) is 17.7 Å². The van der Waals surface area contributed by atoms with Crippen molar-refractivity contribution in [1.82, 2.24) is 16.0 Å². The second-order valence-corrected chi connectivity index (χ2v) is 7.60. The number of carboxylic acids is 1. The average Bonchev–Trinajstić information content (AvgIpc) is 2.70. The van der Waals surface area contributed by atoms with E-state index < -0.39 is 48.4 Å². The summed E-state index contributed by atoms with van der Waals surface area (Å²) < 4.78 is 0. The highest BCUT2D eigenvalue weighted by Crippen LogP contribution is 2.05. The fourth-order valence-electron chi connectivity index (χ4n) is 2.20. The number of carbonyl (C=O) groups is 4. The smallest absolute Gasteiger partial charge is 0.322 e. The summed E-state index contributed by atoms with van der Waals surface area (Å²) in [7, 11) is 0. The minimum Gasteiger partial charge on any atom is -0.480 e. The number of hydrogen-bond donors (Lipinski definition) is 8. The maximum absolute atomic E-state index is 12.7. The summed E-state index contributed by atoms with van der Waals surface area (Å²) >= 11 is 5.45. The van der Waals surface area contributed by atoms with Crippen LogP contribution in [-0.2, 0) is 19.2 Å². The van der Waals surface area contributed by atoms with E-state index in [0.29, 0.717) is 18.6 Å². The first-order valence-electron chi connectivity index (χ1n) is 9.13. The largest absolute Gasteiger partial charge is 0.480 e. The predicted molar refractivity (Wildman–Crippen MR) is 119 cm³/mol. The molecule has 0 rings (SSSR count). The molecule has 0 aliphatic heterocycles. The van der Waals surface area contributed by atoms with Crippen LogP contribution in [0.15, 0.2) is 4.99 Å². The van der Waals surface area contributed by atoms with E-state index in [0.717, 1.165) is 0 Å². The van der Waals surface area contributed by atoms with E-state index >= 15 is 0 Å². The van der Waals surface area contributed by atoms with E-state index in [4.69, 9.17) is 22.3 Å². The van der Waals surface area contributed by atoms with Crippen molar-refractivity contribution in [3.05, 3.63) is 0 Å². The summed E-state index contributed by atoms with van der Waals surface area (Å²) in [6, 6.07) is -2.83. The minimum atomic E-state index is -1.22. The Morgan fingerprint density at radius 3 is 2.20 bits per heavy atom. The van der Waals surface area contributed by atoms with Crippen LogP contribution < -0.4 is 33.2 Å². The molecule has 0 saturated carbocycles. The van der Waals surface area contributed by atoms with E-state index in [1.807, 2.05) is 6.26 Å². The quantitative estimate of drug-likeness (QED) is 0.0542. The molecule has 0 saturated heterocycles. The van der Waals surface area contributed by atoms with Gasteiger partial charge < -0.3 is 38.3 Å². The van der Waals surface area contributed by atoms with Crippen molar-refractivity contribution in [1.29, 1.82) is 0 Å². The Morgan fingerprint density at radius 1 is 1.07 bits per heavy atom. The van der Waals surface area contributed by atoms with Gasteiger partial charge >= 0.3 is 5.97 Å². The molecule has 14 heteroatoms. The number of amides is 3. The van der Waals surface area contributed by atoms with Gasteiger partial charge in [-0.15, -0.1) is 0 Å². The molecule has 30 heavy (non-hydrogen) atoms. The molecule has 0 fully saturated rings. The monoisotopic (exact) mass is 465 g/mol. The van der Waals surface area contributed by atoms with Crippen LogP contribution in [-0.4, -0.2) is 83.7 Å². The fraction of sp³-hybridized carbons (Fsp3) is 0.688. The highest BCUT2D eigenvalue weighted by atomic mass is 32.2. The first-order valence-corrected chi connectivity index (χ1v) is 11.2. The lowest BCUT2D eigenvalue weighted by Crippen LogP contribution is -2.56. The van der Waals surface area contributed by atoms with Crippen molar-refractivity contribution < 1.29 is 24.3 Å². The number of nitrogens with zero attached hydrogens (tertiary/aromatic N) is 1. The number of thiol groups is 1. The van der Waals surface area contributed by atoms with Gasteiger partial charge in [0.15, 0.2) is 5.96 Å². The topological polar surface area (TPSA) is 215 Å². The van der Waals surface area contributed by atoms with Gasteiger partial charge in [0.1, 0.15) is 18.6 Å². The Kier molecular flexibility index (Phi) is 14.5. The van der Waals surface area contributed by atoms with Crippen molar-refractivity contribution in [2.75, 3.05) is 30.9 Å². The number of hydrogen-bond acceptors (Lipinski definition) is 8. The Labute approximate surface area is 184 Å². The zero-order valence-corrected chi connectivity index (χ0v) is 18.5. The van der Waals surface area contributed by atoms with Crippen molar-refractivity contribution in [3.8, 4) is 0 Å². The molecule has 3 amide bonds. The number of rotatable bonds is 15. The molecule has 0 aliphatic carbocycles. The third-order valence-corrected chi connectivity index (χ3v) is 4.81. The van der Waals surface area contributed by atoms with Crippen molar-refractivity contribution in [2.45, 2.75) is 37.4 Å². The van der Waals surface area contributed by atoms with Crippen LogP contribution in [0.5, 0.6) is 0 Å². The fourth-order valence-corrected chi connectivity index (χ4v) is 2.83. The summed E-state index contributed by atoms with van der Waals surface area (Å²) in [4.78, 5) is 51.6. The molecule has 3 atom stereocenters. The molecule has 0 heterocycles. The molecule has 0 aromatic heterocycles. The van der Waals surface area contributed by atoms with Crippen LogP contribution >= 0.6 is 24.4 Å². The van der Waals surface area contributed by atoms with Crippen LogP contribution in [0.3, 0.4) is 0 Å². The Balaban J connectivity index is 5.20. The van der Waals surface area contributed by atoms with Crippen LogP contribution in [0.1, 0.15) is 19.3 Å². The lowest BCUT2D eigenvalue weighted by Gasteiger charge is -2.23. The van der Waals surface area contributed by atoms with E-state index in [2.05, 4.69) is 33.6 Å². The van der Waals surface area contributed by atoms with Crippen molar-refractivity contribution >= 4 is 54.0 Å². The molecule has 0 bridgehead atoms. The van der Waals surface area contributed by atoms with Gasteiger partial charge in [-0.05, 0) is 31.3 Å². The predicted octanol–water partition coefficient (Wildman–Crippen LogP) is -2.78. The van der Waals surface area contributed by atoms with Gasteiger partial charge in [-0.1, -0.05) is 0 Å². The first-order chi connectivity index (χ1) is 14.1. The second kappa shape index (κ2) is 15.6. The first kappa shape index (κ1) is 27.8. The summed E-state index contributed by atoms with van der Waals surface area (Å²) in [5.41, 5.74) is 16.1. The highest BCUT2D eigenvalue weighted by molar-refractivity contribution is 7.98. The standard InChI is InChI=1S/C16H31N7O5S2/c1-30-6-4-11(22-13(26)9(17)8-29)15(28)23-10(3-2-5-20-16(18)19)14(27)21-7-12(24)25/h9-11,29H,2-8,17H2,1H3,(H,21,27)(H,22,26)(H,23,28)(H,24,25)(H4,18,19,20). The van der Waals surface area contributed by atoms with Crippen LogP contribution in [0.4, 0.5) is 0 Å². The van der Waals surface area contributed by atoms with E-state index in [1.165, 1.54) is 11.8 Å². The van der Waals surface area contributed by atoms with Gasteiger partial charge in [-0.25, -0.2) is 0 Å². The SMILES string of the molecule is CSCCC(NC(=O)C(N)CS)C(=O)NC(CCCN=C(N)N)C(=O)NCC(=O)O. The maximum atomic E-state index is 12.7. The van der Waals surface area contributed by atoms with E-state index in [1.54, 1.807) is 0 Å². The lowest BCUT2D eigenvalue weighted by atomic mass is 10.1. The number of aliphatic imine (C=N–C) groups is 1. The Bertz CT molecular complexity index is 617. The molecule has 12 nitrogen and oxygen atoms in total. The Morgan fingerprint density at radius 2 is 1.67 bits per heavy atom. The van der Waals surface area contributed by atoms with Crippen LogP contribution in [0, 0.1) is 0 Å². The van der Waals surface area contributed by atoms with Crippen LogP contribution in [0.25, 0.3) is 0 Å². The minimum absolute atomic E-state index is 0.105. The molecule has 0 aliphatic rings. The van der Waals surface area contributed by atoms with Gasteiger partial charge in [0.25, 0.3) is 0 Å². The van der Waals surface area contributed by atoms with Crippen LogP contribution in [0.2, 0.25) is 0 Å². The zero-order valence-electron chi connectivity index (χ0n) is 16.8. The van der Waals surface area contributed by atoms with E-state index in [-0.39, 0.29) is 24.7 Å². The third kappa shape index (κ3) is 12.4. The van der Waals surface area contributed by atoms with Gasteiger partial charge in [0.05, 0.1) is 6.04 Å². The Hall–Kier alpha value is -2.19. The van der Waals surface area contributed by atoms with E-state index in [9.17, 15) is 19.2 Å². The van der Waals surface area contributed by atoms with Crippen molar-refractivity contribution in [2.24, 2.45) is 22.2 Å². The number of carboxylic acid groups (broad SMARTS) is 1. The summed E-state index contributed by atoms with van der Waals surface area (Å²) in [5, 5.41) is 16.1. The normalized spacial score (nSPS) is 13.4. The number of carbonyl (C=O) groups excluding carboxylic acids is 3. The van der Waals surface area contributed by atoms with Gasteiger partial charge in [-0.3, -0.25) is 24.2 Å². The van der Waals surface area contributed by atoms with Crippen molar-refractivity contribution in [3.63, 3.8) is 0 Å². The summed E-state index contributed by atoms with van der Waals surface area (Å²) in [6.07, 6.45) is 2.68. The summed E-state index contributed by atoms with van der Waals surface area (Å²) in [5.74, 6) is -2.43. The molecule has 0 spiro atoms. The molecule has 3 unspecified atom stereocenters. The number of guanidine groups is 1. The third-order valence-electron chi connectivity index (χ3n) is 3.77. The highest BCUT2D eigenvalue weighted by Gasteiger charge is 2.27. The molecular weight excluding hydrogens is 434 g/mol. The second-order valence-electron chi connectivity index (χ2n) is 6.25. The molecular formula is C16H31N7O5S2. The molecule has 0 aromatic rings. The molecule has 10 N–H and O–H groups in total. The number of thioether (sulfide) groups is 1. The average molecular weight is 466 g/mol. The van der Waals surface area contributed by atoms with Gasteiger partial charge in [0, 0.05) is 12.3 Å². The molecule has 172 valence electrons. The molecule has 0 aromatic carbocycles. The van der Waals surface area contributed by atoms with Gasteiger partial charge in [-0.2, -0.15) is 24.4 Å². The zero-order chi connectivity index (χ0) is 23.1.